The Morgan fingerprint density at radius 3 is 1.88 bits per heavy atom. The highest BCUT2D eigenvalue weighted by molar-refractivity contribution is 6.22. The smallest absolute Gasteiger partial charge is 0.232 e. The van der Waals surface area contributed by atoms with E-state index in [2.05, 4.69) is 173 Å². The van der Waals surface area contributed by atoms with Crippen LogP contribution in [0.4, 0.5) is 5.69 Å². The van der Waals surface area contributed by atoms with Crippen molar-refractivity contribution >= 4 is 67.8 Å². The van der Waals surface area contributed by atoms with Crippen LogP contribution in [0.15, 0.2) is 233 Å². The molecule has 0 saturated carbocycles. The summed E-state index contributed by atoms with van der Waals surface area (Å²) in [6.45, 7) is 4.69. The highest BCUT2D eigenvalue weighted by Crippen LogP contribution is 2.45. The number of fused-ring (bicyclic) bond motifs is 6. The summed E-state index contributed by atoms with van der Waals surface area (Å²) in [5.41, 5.74) is 19.7. The van der Waals surface area contributed by atoms with E-state index in [4.69, 9.17) is 20.5 Å². The van der Waals surface area contributed by atoms with Gasteiger partial charge >= 0.3 is 0 Å². The normalized spacial score (nSPS) is 12.1. The molecular formula is C59H44N6O. The van der Waals surface area contributed by atoms with Gasteiger partial charge in [0.05, 0.1) is 45.4 Å². The van der Waals surface area contributed by atoms with E-state index >= 15 is 0 Å². The standard InChI is InChI=1S/C59H44N6O/c1-61-58(45-24-12-5-13-25-45)63-59(62-38-40-32-34-43(35-33-40)42-20-8-3-9-21-42)65-52-37-36-49(60)57(66-39-41-18-6-2-7-19-41)55(52)48-28-17-31-53(56(48)65)64-50-29-15-14-26-47(50)54-46(27-16-30-51(54)64)44-22-10-4-11-23-44/h2-37H,1,38-39,60H2/b62-59?,63-58-. The van der Waals surface area contributed by atoms with Crippen molar-refractivity contribution in [3.8, 4) is 33.7 Å². The van der Waals surface area contributed by atoms with Crippen LogP contribution in [0.25, 0.3) is 71.6 Å². The molecule has 2 aromatic heterocycles. The van der Waals surface area contributed by atoms with Crippen LogP contribution in [-0.4, -0.2) is 27.6 Å². The lowest BCUT2D eigenvalue weighted by atomic mass is 9.99. The predicted molar refractivity (Wildman–Crippen MR) is 275 cm³/mol. The van der Waals surface area contributed by atoms with Gasteiger partial charge in [-0.1, -0.05) is 188 Å². The number of nitrogens with two attached hydrogens (primary N) is 1. The van der Waals surface area contributed by atoms with Gasteiger partial charge in [0.15, 0.2) is 11.6 Å². The summed E-state index contributed by atoms with van der Waals surface area (Å²) < 4.78 is 11.3. The fraction of sp³-hybridized carbons (Fsp3) is 0.0339. The van der Waals surface area contributed by atoms with Crippen LogP contribution < -0.4 is 10.5 Å². The second-order valence-corrected chi connectivity index (χ2v) is 16.2. The van der Waals surface area contributed by atoms with Crippen molar-refractivity contribution < 1.29 is 4.74 Å². The molecule has 2 heterocycles. The largest absolute Gasteiger partial charge is 0.486 e. The number of amidine groups is 1. The predicted octanol–water partition coefficient (Wildman–Crippen LogP) is 13.9. The molecule has 7 heteroatoms. The van der Waals surface area contributed by atoms with Crippen molar-refractivity contribution in [1.82, 2.24) is 9.13 Å². The van der Waals surface area contributed by atoms with Crippen LogP contribution in [0, 0.1) is 0 Å². The van der Waals surface area contributed by atoms with Crippen LogP contribution in [0.2, 0.25) is 0 Å². The molecule has 0 fully saturated rings. The molecule has 0 atom stereocenters. The highest BCUT2D eigenvalue weighted by Gasteiger charge is 2.25. The Hall–Kier alpha value is -8.81. The maximum atomic E-state index is 6.93. The third-order valence-electron chi connectivity index (χ3n) is 12.2. The second-order valence-electron chi connectivity index (χ2n) is 16.2. The maximum absolute atomic E-state index is 6.93. The number of aliphatic imine (C=N–C) groups is 3. The molecule has 0 bridgehead atoms. The third kappa shape index (κ3) is 7.28. The van der Waals surface area contributed by atoms with Gasteiger partial charge in [-0.05, 0) is 70.4 Å². The molecule has 0 aliphatic heterocycles. The number of hydrogen-bond donors (Lipinski definition) is 1. The SMILES string of the molecule is C=N/C(=N\C(=NCc1ccc(-c2ccccc2)cc1)n1c2ccc(N)c(OCc3ccccc3)c2c2cccc(-n3c4ccccc4c4c(-c5ccccc5)cccc43)c21)c1ccccc1. The lowest BCUT2D eigenvalue weighted by molar-refractivity contribution is 0.312. The van der Waals surface area contributed by atoms with Gasteiger partial charge in [-0.2, -0.15) is 4.99 Å². The lowest BCUT2D eigenvalue weighted by Gasteiger charge is -2.15. The number of hydrogen-bond acceptors (Lipinski definition) is 3. The van der Waals surface area contributed by atoms with Gasteiger partial charge in [-0.3, -0.25) is 4.57 Å². The van der Waals surface area contributed by atoms with E-state index in [0.717, 1.165) is 82.9 Å². The number of para-hydroxylation sites is 2. The summed E-state index contributed by atoms with van der Waals surface area (Å²) in [4.78, 5) is 15.3. The first-order valence-corrected chi connectivity index (χ1v) is 22.0. The van der Waals surface area contributed by atoms with Crippen molar-refractivity contribution in [2.75, 3.05) is 5.73 Å². The molecule has 0 spiro atoms. The number of benzene rings is 9. The molecule has 0 saturated heterocycles. The summed E-state index contributed by atoms with van der Waals surface area (Å²) in [5, 5.41) is 4.11. The summed E-state index contributed by atoms with van der Waals surface area (Å²) in [7, 11) is 0. The van der Waals surface area contributed by atoms with Crippen LogP contribution in [0.5, 0.6) is 5.75 Å². The Kier molecular flexibility index (Phi) is 10.5. The summed E-state index contributed by atoms with van der Waals surface area (Å²) >= 11 is 0. The highest BCUT2D eigenvalue weighted by atomic mass is 16.5. The van der Waals surface area contributed by atoms with Crippen molar-refractivity contribution in [2.24, 2.45) is 15.0 Å². The third-order valence-corrected chi connectivity index (χ3v) is 12.2. The van der Waals surface area contributed by atoms with Gasteiger partial charge < -0.3 is 15.0 Å². The first-order valence-electron chi connectivity index (χ1n) is 22.0. The van der Waals surface area contributed by atoms with E-state index in [9.17, 15) is 0 Å². The van der Waals surface area contributed by atoms with Gasteiger partial charge in [0.2, 0.25) is 5.96 Å². The molecule has 316 valence electrons. The molecule has 0 radical (unpaired) electrons. The van der Waals surface area contributed by atoms with Crippen LogP contribution in [0.1, 0.15) is 16.7 Å². The lowest BCUT2D eigenvalue weighted by Crippen LogP contribution is -2.14. The topological polar surface area (TPSA) is 82.2 Å². The summed E-state index contributed by atoms with van der Waals surface area (Å²) in [6.07, 6.45) is 0. The van der Waals surface area contributed by atoms with Crippen LogP contribution in [-0.2, 0) is 13.2 Å². The molecule has 0 aliphatic carbocycles. The first-order chi connectivity index (χ1) is 32.6. The average Bonchev–Trinajstić information content (AvgIpc) is 3.91. The molecule has 9 aromatic carbocycles. The molecule has 11 aromatic rings. The molecular weight excluding hydrogens is 809 g/mol. The van der Waals surface area contributed by atoms with Gasteiger partial charge in [-0.15, -0.1) is 0 Å². The Labute approximate surface area is 382 Å². The first kappa shape index (κ1) is 40.0. The van der Waals surface area contributed by atoms with E-state index in [1.54, 1.807) is 0 Å². The molecule has 66 heavy (non-hydrogen) atoms. The van der Waals surface area contributed by atoms with Crippen molar-refractivity contribution in [1.29, 1.82) is 0 Å². The molecule has 11 rings (SSSR count). The minimum atomic E-state index is 0.336. The van der Waals surface area contributed by atoms with E-state index in [1.165, 1.54) is 5.39 Å². The fourth-order valence-electron chi connectivity index (χ4n) is 9.16. The van der Waals surface area contributed by atoms with Crippen molar-refractivity contribution in [2.45, 2.75) is 13.2 Å². The number of rotatable bonds is 9. The molecule has 2 N–H and O–H groups in total. The number of aromatic nitrogens is 2. The second kappa shape index (κ2) is 17.4. The number of nitrogen functional groups attached to an aromatic ring is 1. The van der Waals surface area contributed by atoms with Gasteiger partial charge in [0.1, 0.15) is 6.61 Å². The molecule has 0 amide bonds. The Morgan fingerprint density at radius 1 is 0.515 bits per heavy atom. The molecule has 0 aliphatic rings. The van der Waals surface area contributed by atoms with Crippen LogP contribution in [0.3, 0.4) is 0 Å². The average molecular weight is 853 g/mol. The zero-order valence-corrected chi connectivity index (χ0v) is 36.1. The number of anilines is 1. The zero-order chi connectivity index (χ0) is 44.4. The Bertz CT molecular complexity index is 3610. The van der Waals surface area contributed by atoms with Gasteiger partial charge in [0.25, 0.3) is 0 Å². The quantitative estimate of drug-likeness (QED) is 0.0891. The van der Waals surface area contributed by atoms with Gasteiger partial charge in [-0.25, -0.2) is 9.98 Å². The molecule has 0 unspecified atom stereocenters. The zero-order valence-electron chi connectivity index (χ0n) is 36.1. The Morgan fingerprint density at radius 2 is 1.14 bits per heavy atom. The molecule has 7 nitrogen and oxygen atoms in total. The van der Waals surface area contributed by atoms with Gasteiger partial charge in [0, 0.05) is 21.7 Å². The van der Waals surface area contributed by atoms with Crippen molar-refractivity contribution in [3.05, 3.63) is 235 Å². The van der Waals surface area contributed by atoms with E-state index in [0.29, 0.717) is 36.4 Å². The van der Waals surface area contributed by atoms with E-state index < -0.39 is 0 Å². The van der Waals surface area contributed by atoms with E-state index in [-0.39, 0.29) is 0 Å². The van der Waals surface area contributed by atoms with E-state index in [1.807, 2.05) is 66.7 Å². The minimum absolute atomic E-state index is 0.336. The Balaban J connectivity index is 1.21. The monoisotopic (exact) mass is 852 g/mol. The minimum Gasteiger partial charge on any atom is -0.486 e. The number of ether oxygens (including phenoxy) is 1. The van der Waals surface area contributed by atoms with Crippen LogP contribution >= 0.6 is 0 Å². The van der Waals surface area contributed by atoms with Crippen molar-refractivity contribution in [3.63, 3.8) is 0 Å². The summed E-state index contributed by atoms with van der Waals surface area (Å²) in [5.74, 6) is 1.47. The summed E-state index contributed by atoms with van der Waals surface area (Å²) in [6, 6.07) is 75.2. The fourth-order valence-corrected chi connectivity index (χ4v) is 9.16. The number of nitrogens with zero attached hydrogens (tertiary/aromatic N) is 5. The maximum Gasteiger partial charge on any atom is 0.232 e.